The molecule has 6 heteroatoms. The average Bonchev–Trinajstić information content (AvgIpc) is 2.45. The normalized spacial score (nSPS) is 10.9. The van der Waals surface area contributed by atoms with Crippen LogP contribution in [0.25, 0.3) is 0 Å². The van der Waals surface area contributed by atoms with Crippen LogP contribution in [0.5, 0.6) is 0 Å². The molecule has 0 amide bonds. The zero-order valence-corrected chi connectivity index (χ0v) is 15.1. The Labute approximate surface area is 151 Å². The molecule has 0 unspecified atom stereocenters. The van der Waals surface area contributed by atoms with Gasteiger partial charge >= 0.3 is 0 Å². The van der Waals surface area contributed by atoms with Gasteiger partial charge in [0.15, 0.2) is 5.96 Å². The van der Waals surface area contributed by atoms with Crippen LogP contribution in [0.4, 0.5) is 0 Å². The van der Waals surface area contributed by atoms with E-state index in [0.29, 0.717) is 29.1 Å². The molecule has 0 aliphatic rings. The molecule has 0 radical (unpaired) electrons. The summed E-state index contributed by atoms with van der Waals surface area (Å²) in [7, 11) is 0. The largest absolute Gasteiger partial charge is 0.370 e. The van der Waals surface area contributed by atoms with Crippen LogP contribution in [-0.4, -0.2) is 5.96 Å². The molecule has 0 fully saturated rings. The van der Waals surface area contributed by atoms with E-state index in [1.165, 1.54) is 0 Å². The molecule has 0 atom stereocenters. The van der Waals surface area contributed by atoms with Gasteiger partial charge in [0.1, 0.15) is 0 Å². The maximum atomic E-state index is 6.08. The molecule has 112 valence electrons. The van der Waals surface area contributed by atoms with E-state index in [4.69, 9.17) is 28.9 Å². The van der Waals surface area contributed by atoms with E-state index in [-0.39, 0.29) is 24.0 Å². The van der Waals surface area contributed by atoms with Crippen LogP contribution >= 0.6 is 47.2 Å². The van der Waals surface area contributed by atoms with Crippen LogP contribution < -0.4 is 11.1 Å². The fourth-order valence-electron chi connectivity index (χ4n) is 1.67. The van der Waals surface area contributed by atoms with Gasteiger partial charge in [-0.2, -0.15) is 0 Å². The Balaban J connectivity index is 0.00000220. The van der Waals surface area contributed by atoms with Crippen molar-refractivity contribution in [2.45, 2.75) is 13.1 Å². The van der Waals surface area contributed by atoms with Crippen LogP contribution in [0.1, 0.15) is 11.1 Å². The monoisotopic (exact) mass is 435 g/mol. The molecule has 3 nitrogen and oxygen atoms in total. The summed E-state index contributed by atoms with van der Waals surface area (Å²) < 4.78 is 0. The molecule has 0 bridgehead atoms. The minimum atomic E-state index is 0. The first kappa shape index (κ1) is 18.1. The number of halogens is 3. The highest BCUT2D eigenvalue weighted by atomic mass is 127. The summed E-state index contributed by atoms with van der Waals surface area (Å²) >= 11 is 11.9. The van der Waals surface area contributed by atoms with E-state index in [1.807, 2.05) is 36.4 Å². The zero-order valence-electron chi connectivity index (χ0n) is 11.2. The Kier molecular flexibility index (Phi) is 7.85. The van der Waals surface area contributed by atoms with Gasteiger partial charge in [0.05, 0.1) is 6.54 Å². The molecule has 3 N–H and O–H groups in total. The first-order chi connectivity index (χ1) is 9.65. The number of nitrogens with zero attached hydrogens (tertiary/aromatic N) is 1. The van der Waals surface area contributed by atoms with E-state index in [2.05, 4.69) is 10.3 Å². The lowest BCUT2D eigenvalue weighted by atomic mass is 10.2. The van der Waals surface area contributed by atoms with Crippen molar-refractivity contribution < 1.29 is 0 Å². The summed E-state index contributed by atoms with van der Waals surface area (Å²) in [4.78, 5) is 4.27. The Bertz CT molecular complexity index is 603. The van der Waals surface area contributed by atoms with Crippen molar-refractivity contribution in [1.29, 1.82) is 0 Å². The molecule has 0 aliphatic carbocycles. The first-order valence-electron chi connectivity index (χ1n) is 6.17. The summed E-state index contributed by atoms with van der Waals surface area (Å²) in [6.07, 6.45) is 0. The molecule has 2 aromatic rings. The highest BCUT2D eigenvalue weighted by molar-refractivity contribution is 14.0. The molecule has 0 aliphatic heterocycles. The van der Waals surface area contributed by atoms with Gasteiger partial charge in [-0.15, -0.1) is 24.0 Å². The minimum absolute atomic E-state index is 0. The maximum absolute atomic E-state index is 6.08. The van der Waals surface area contributed by atoms with Gasteiger partial charge in [0.25, 0.3) is 0 Å². The van der Waals surface area contributed by atoms with E-state index in [9.17, 15) is 0 Å². The summed E-state index contributed by atoms with van der Waals surface area (Å²) in [6.45, 7) is 1.06. The molecular weight excluding hydrogens is 420 g/mol. The molecule has 2 aromatic carbocycles. The predicted molar refractivity (Wildman–Crippen MR) is 100 cm³/mol. The number of hydrogen-bond donors (Lipinski definition) is 2. The summed E-state index contributed by atoms with van der Waals surface area (Å²) in [6, 6.07) is 15.3. The van der Waals surface area contributed by atoms with E-state index in [1.54, 1.807) is 12.1 Å². The third kappa shape index (κ3) is 6.11. The molecule has 21 heavy (non-hydrogen) atoms. The molecule has 2 rings (SSSR count). The van der Waals surface area contributed by atoms with Crippen LogP contribution in [0, 0.1) is 0 Å². The number of nitrogens with two attached hydrogens (primary N) is 1. The maximum Gasteiger partial charge on any atom is 0.189 e. The van der Waals surface area contributed by atoms with Crippen molar-refractivity contribution in [1.82, 2.24) is 5.32 Å². The zero-order chi connectivity index (χ0) is 14.4. The lowest BCUT2D eigenvalue weighted by Gasteiger charge is -2.08. The average molecular weight is 436 g/mol. The van der Waals surface area contributed by atoms with Crippen LogP contribution in [0.15, 0.2) is 53.5 Å². The van der Waals surface area contributed by atoms with E-state index < -0.39 is 0 Å². The number of aliphatic imine (C=N–C) groups is 1. The minimum Gasteiger partial charge on any atom is -0.370 e. The molecule has 0 spiro atoms. The Morgan fingerprint density at radius 2 is 1.81 bits per heavy atom. The highest BCUT2D eigenvalue weighted by Gasteiger charge is 2.01. The second-order valence-corrected chi connectivity index (χ2v) is 5.12. The van der Waals surface area contributed by atoms with Crippen molar-refractivity contribution in [3.8, 4) is 0 Å². The van der Waals surface area contributed by atoms with Gasteiger partial charge in [0.2, 0.25) is 0 Å². The smallest absolute Gasteiger partial charge is 0.189 e. The van der Waals surface area contributed by atoms with Crippen molar-refractivity contribution >= 4 is 53.1 Å². The lowest BCUT2D eigenvalue weighted by Crippen LogP contribution is -2.31. The predicted octanol–water partition coefficient (Wildman–Crippen LogP) is 4.22. The number of hydrogen-bond acceptors (Lipinski definition) is 1. The number of rotatable bonds is 4. The fourth-order valence-corrected chi connectivity index (χ4v) is 2.14. The van der Waals surface area contributed by atoms with Crippen molar-refractivity contribution in [3.05, 3.63) is 69.7 Å². The molecule has 0 heterocycles. The van der Waals surface area contributed by atoms with Crippen LogP contribution in [0.2, 0.25) is 10.0 Å². The van der Waals surface area contributed by atoms with E-state index in [0.717, 1.165) is 11.1 Å². The van der Waals surface area contributed by atoms with E-state index >= 15 is 0 Å². The number of guanidine groups is 1. The topological polar surface area (TPSA) is 50.4 Å². The summed E-state index contributed by atoms with van der Waals surface area (Å²) in [5, 5.41) is 4.26. The third-order valence-corrected chi connectivity index (χ3v) is 3.34. The number of nitrogens with one attached hydrogen (secondary N) is 1. The Morgan fingerprint density at radius 1 is 1.10 bits per heavy atom. The molecular formula is C15H16Cl2IN3. The van der Waals surface area contributed by atoms with Gasteiger partial charge in [-0.25, -0.2) is 4.99 Å². The standard InChI is InChI=1S/C15H15Cl2N3.HI/c16-13-7-6-12(14(17)8-13)10-20-15(18)19-9-11-4-2-1-3-5-11;/h1-8H,9-10H2,(H3,18,19,20);1H. The second-order valence-electron chi connectivity index (χ2n) is 4.28. The van der Waals surface area contributed by atoms with Crippen molar-refractivity contribution in [2.24, 2.45) is 10.7 Å². The fraction of sp³-hybridized carbons (Fsp3) is 0.133. The quantitative estimate of drug-likeness (QED) is 0.429. The summed E-state index contributed by atoms with van der Waals surface area (Å²) in [5.41, 5.74) is 7.86. The van der Waals surface area contributed by atoms with Gasteiger partial charge in [0, 0.05) is 16.6 Å². The molecule has 0 saturated carbocycles. The summed E-state index contributed by atoms with van der Waals surface area (Å²) in [5.74, 6) is 0.389. The van der Waals surface area contributed by atoms with Gasteiger partial charge in [-0.05, 0) is 23.3 Å². The first-order valence-corrected chi connectivity index (χ1v) is 6.92. The second kappa shape index (κ2) is 9.12. The van der Waals surface area contributed by atoms with Gasteiger partial charge in [-0.3, -0.25) is 0 Å². The molecule has 0 aromatic heterocycles. The SMILES string of the molecule is I.NC(=NCc1ccccc1)NCc1ccc(Cl)cc1Cl. The van der Waals surface area contributed by atoms with Crippen LogP contribution in [-0.2, 0) is 13.1 Å². The van der Waals surface area contributed by atoms with Crippen molar-refractivity contribution in [3.63, 3.8) is 0 Å². The lowest BCUT2D eigenvalue weighted by molar-refractivity contribution is 0.885. The van der Waals surface area contributed by atoms with Crippen molar-refractivity contribution in [2.75, 3.05) is 0 Å². The number of benzene rings is 2. The van der Waals surface area contributed by atoms with Gasteiger partial charge in [-0.1, -0.05) is 59.6 Å². The Hall–Kier alpha value is -0.980. The third-order valence-electron chi connectivity index (χ3n) is 2.75. The highest BCUT2D eigenvalue weighted by Crippen LogP contribution is 2.20. The van der Waals surface area contributed by atoms with Gasteiger partial charge < -0.3 is 11.1 Å². The van der Waals surface area contributed by atoms with Crippen LogP contribution in [0.3, 0.4) is 0 Å². The molecule has 0 saturated heterocycles. The Morgan fingerprint density at radius 3 is 2.48 bits per heavy atom.